The van der Waals surface area contributed by atoms with E-state index in [4.69, 9.17) is 0 Å². The van der Waals surface area contributed by atoms with E-state index in [9.17, 15) is 0 Å². The normalized spacial score (nSPS) is 11.4. The van der Waals surface area contributed by atoms with Crippen LogP contribution in [0.3, 0.4) is 0 Å². The number of nitrogens with one attached hydrogen (secondary N) is 1. The Hall–Kier alpha value is -0.340. The Labute approximate surface area is 193 Å². The van der Waals surface area contributed by atoms with Crippen molar-refractivity contribution >= 4 is 17.0 Å². The highest BCUT2D eigenvalue weighted by Gasteiger charge is 2.18. The van der Waals surface area contributed by atoms with E-state index in [0.717, 1.165) is 6.54 Å². The predicted octanol–water partition coefficient (Wildman–Crippen LogP) is 9.35. The van der Waals surface area contributed by atoms with Crippen molar-refractivity contribution in [1.29, 1.82) is 0 Å². The Bertz CT molecular complexity index is 443. The lowest BCUT2D eigenvalue weighted by Gasteiger charge is -2.27. The number of halogens is 1. The smallest absolute Gasteiger partial charge is 0.0377 e. The second-order valence-electron chi connectivity index (χ2n) is 9.22. The van der Waals surface area contributed by atoms with Gasteiger partial charge >= 0.3 is 0 Å². The summed E-state index contributed by atoms with van der Waals surface area (Å²) in [6.45, 7) is 8.00. The monoisotopic (exact) mass is 467 g/mol. The molecule has 0 aliphatic rings. The van der Waals surface area contributed by atoms with Crippen molar-refractivity contribution in [1.82, 2.24) is 5.32 Å². The van der Waals surface area contributed by atoms with Gasteiger partial charge in [0.1, 0.15) is 0 Å². The van der Waals surface area contributed by atoms with E-state index in [-0.39, 0.29) is 22.5 Å². The number of rotatable bonds is 19. The third kappa shape index (κ3) is 16.1. The Balaban J connectivity index is 0.00000784. The molecule has 0 atom stereocenters. The lowest BCUT2D eigenvalue weighted by atomic mass is 9.94. The van der Waals surface area contributed by atoms with Gasteiger partial charge < -0.3 is 5.32 Å². The number of hydrogen-bond donors (Lipinski definition) is 1. The summed E-state index contributed by atoms with van der Waals surface area (Å²) in [5.41, 5.74) is 1.46. The molecule has 0 saturated heterocycles. The van der Waals surface area contributed by atoms with Gasteiger partial charge in [-0.1, -0.05) is 134 Å². The molecule has 170 valence electrons. The van der Waals surface area contributed by atoms with E-state index in [1.807, 2.05) is 0 Å². The highest BCUT2D eigenvalue weighted by molar-refractivity contribution is 8.93. The van der Waals surface area contributed by atoms with Crippen molar-refractivity contribution in [3.8, 4) is 0 Å². The zero-order chi connectivity index (χ0) is 20.3. The molecule has 1 N–H and O–H groups in total. The fourth-order valence-corrected chi connectivity index (χ4v) is 4.03. The largest absolute Gasteiger partial charge is 0.308 e. The average molecular weight is 469 g/mol. The molecule has 0 radical (unpaired) electrons. The SMILES string of the molecule is Br.CCCCCCCCCCCCCCCCCCNC(C)(C)c1ccccc1. The van der Waals surface area contributed by atoms with Crippen LogP contribution in [0.5, 0.6) is 0 Å². The predicted molar refractivity (Wildman–Crippen MR) is 137 cm³/mol. The minimum absolute atomic E-state index is 0. The fourth-order valence-electron chi connectivity index (χ4n) is 4.03. The quantitative estimate of drug-likeness (QED) is 0.199. The molecule has 0 spiro atoms. The van der Waals surface area contributed by atoms with E-state index in [0.29, 0.717) is 0 Å². The first kappa shape index (κ1) is 28.7. The first-order valence-corrected chi connectivity index (χ1v) is 12.5. The van der Waals surface area contributed by atoms with Gasteiger partial charge in [0.25, 0.3) is 0 Å². The van der Waals surface area contributed by atoms with Crippen LogP contribution in [-0.2, 0) is 5.54 Å². The Morgan fingerprint density at radius 2 is 0.966 bits per heavy atom. The van der Waals surface area contributed by atoms with Gasteiger partial charge in [-0.3, -0.25) is 0 Å². The minimum Gasteiger partial charge on any atom is -0.308 e. The molecule has 0 heterocycles. The summed E-state index contributed by atoms with van der Waals surface area (Å²) in [5, 5.41) is 3.72. The van der Waals surface area contributed by atoms with E-state index >= 15 is 0 Å². The second-order valence-corrected chi connectivity index (χ2v) is 9.22. The molecule has 0 bridgehead atoms. The summed E-state index contributed by atoms with van der Waals surface area (Å²) in [6.07, 6.45) is 22.9. The van der Waals surface area contributed by atoms with E-state index in [2.05, 4.69) is 56.4 Å². The van der Waals surface area contributed by atoms with Crippen molar-refractivity contribution in [3.05, 3.63) is 35.9 Å². The molecular formula is C27H50BrN. The molecule has 1 nitrogen and oxygen atoms in total. The van der Waals surface area contributed by atoms with Crippen LogP contribution >= 0.6 is 17.0 Å². The van der Waals surface area contributed by atoms with E-state index in [1.54, 1.807) is 0 Å². The van der Waals surface area contributed by atoms with E-state index in [1.165, 1.54) is 108 Å². The maximum Gasteiger partial charge on any atom is 0.0377 e. The second kappa shape index (κ2) is 19.6. The Morgan fingerprint density at radius 3 is 1.38 bits per heavy atom. The molecule has 0 aliphatic carbocycles. The lowest BCUT2D eigenvalue weighted by molar-refractivity contribution is 0.394. The van der Waals surface area contributed by atoms with Gasteiger partial charge in [-0.25, -0.2) is 0 Å². The van der Waals surface area contributed by atoms with Gasteiger partial charge in [0.15, 0.2) is 0 Å². The van der Waals surface area contributed by atoms with Crippen molar-refractivity contribution in [2.45, 2.75) is 129 Å². The molecule has 0 unspecified atom stereocenters. The molecule has 29 heavy (non-hydrogen) atoms. The summed E-state index contributed by atoms with van der Waals surface area (Å²) in [6, 6.07) is 10.8. The summed E-state index contributed by atoms with van der Waals surface area (Å²) in [7, 11) is 0. The third-order valence-electron chi connectivity index (χ3n) is 6.09. The van der Waals surface area contributed by atoms with Crippen LogP contribution in [0.2, 0.25) is 0 Å². The molecule has 1 rings (SSSR count). The first-order valence-electron chi connectivity index (χ1n) is 12.5. The van der Waals surface area contributed by atoms with Crippen molar-refractivity contribution in [2.24, 2.45) is 0 Å². The van der Waals surface area contributed by atoms with Gasteiger partial charge in [-0.2, -0.15) is 0 Å². The van der Waals surface area contributed by atoms with Gasteiger partial charge in [0, 0.05) is 5.54 Å². The first-order chi connectivity index (χ1) is 13.7. The van der Waals surface area contributed by atoms with Crippen molar-refractivity contribution in [2.75, 3.05) is 6.54 Å². The molecule has 0 aliphatic heterocycles. The standard InChI is InChI=1S/C27H49N.BrH/c1-4-5-6-7-8-9-10-11-12-13-14-15-16-17-18-22-25-28-27(2,3)26-23-20-19-21-24-26;/h19-21,23-24,28H,4-18,22,25H2,1-3H3;1H. The maximum atomic E-state index is 3.72. The molecule has 0 saturated carbocycles. The van der Waals surface area contributed by atoms with Crippen molar-refractivity contribution < 1.29 is 0 Å². The molecule has 1 aromatic rings. The van der Waals surface area contributed by atoms with Gasteiger partial charge in [-0.15, -0.1) is 17.0 Å². The van der Waals surface area contributed by atoms with Crippen LogP contribution in [-0.4, -0.2) is 6.54 Å². The Morgan fingerprint density at radius 1 is 0.586 bits per heavy atom. The van der Waals surface area contributed by atoms with Gasteiger partial charge in [-0.05, 0) is 32.4 Å². The van der Waals surface area contributed by atoms with E-state index < -0.39 is 0 Å². The number of benzene rings is 1. The molecule has 1 aromatic carbocycles. The van der Waals surface area contributed by atoms with Gasteiger partial charge in [0.05, 0.1) is 0 Å². The molecule has 2 heteroatoms. The number of unbranched alkanes of at least 4 members (excludes halogenated alkanes) is 15. The lowest BCUT2D eigenvalue weighted by Crippen LogP contribution is -2.37. The molecule has 0 aromatic heterocycles. The average Bonchev–Trinajstić information content (AvgIpc) is 2.71. The minimum atomic E-state index is 0. The van der Waals surface area contributed by atoms with Crippen LogP contribution in [0.1, 0.15) is 129 Å². The van der Waals surface area contributed by atoms with Crippen LogP contribution in [0.15, 0.2) is 30.3 Å². The van der Waals surface area contributed by atoms with Crippen LogP contribution < -0.4 is 5.32 Å². The highest BCUT2D eigenvalue weighted by atomic mass is 79.9. The van der Waals surface area contributed by atoms with Crippen molar-refractivity contribution in [3.63, 3.8) is 0 Å². The summed E-state index contributed by atoms with van der Waals surface area (Å²) >= 11 is 0. The molecule has 0 fully saturated rings. The topological polar surface area (TPSA) is 12.0 Å². The Kier molecular flexibility index (Phi) is 19.4. The molecule has 0 amide bonds. The highest BCUT2D eigenvalue weighted by Crippen LogP contribution is 2.19. The molecular weight excluding hydrogens is 418 g/mol. The summed E-state index contributed by atoms with van der Waals surface area (Å²) < 4.78 is 0. The number of hydrogen-bond acceptors (Lipinski definition) is 1. The zero-order valence-electron chi connectivity index (χ0n) is 19.8. The van der Waals surface area contributed by atoms with Crippen LogP contribution in [0.4, 0.5) is 0 Å². The summed E-state index contributed by atoms with van der Waals surface area (Å²) in [4.78, 5) is 0. The van der Waals surface area contributed by atoms with Crippen LogP contribution in [0, 0.1) is 0 Å². The maximum absolute atomic E-state index is 3.72. The van der Waals surface area contributed by atoms with Gasteiger partial charge in [0.2, 0.25) is 0 Å². The van der Waals surface area contributed by atoms with Crippen LogP contribution in [0.25, 0.3) is 0 Å². The fraction of sp³-hybridized carbons (Fsp3) is 0.778. The zero-order valence-corrected chi connectivity index (χ0v) is 21.5. The third-order valence-corrected chi connectivity index (χ3v) is 6.09. The summed E-state index contributed by atoms with van der Waals surface area (Å²) in [5.74, 6) is 0.